The van der Waals surface area contributed by atoms with E-state index < -0.39 is 0 Å². The molecule has 0 bridgehead atoms. The van der Waals surface area contributed by atoms with E-state index in [9.17, 15) is 4.79 Å². The van der Waals surface area contributed by atoms with Gasteiger partial charge in [0.1, 0.15) is 5.75 Å². The lowest BCUT2D eigenvalue weighted by atomic mass is 9.94. The number of benzene rings is 2. The van der Waals surface area contributed by atoms with E-state index in [0.717, 1.165) is 22.3 Å². The highest BCUT2D eigenvalue weighted by Crippen LogP contribution is 2.26. The van der Waals surface area contributed by atoms with Gasteiger partial charge in [0.05, 0.1) is 13.2 Å². The Hall–Kier alpha value is -3.14. The van der Waals surface area contributed by atoms with Gasteiger partial charge >= 0.3 is 0 Å². The van der Waals surface area contributed by atoms with Crippen LogP contribution in [0.15, 0.2) is 67.0 Å². The maximum Gasteiger partial charge on any atom is 0.252 e. The highest BCUT2D eigenvalue weighted by molar-refractivity contribution is 5.95. The summed E-state index contributed by atoms with van der Waals surface area (Å²) in [7, 11) is 1.59. The molecular formula is C22H22N2O2. The molecule has 0 saturated carbocycles. The monoisotopic (exact) mass is 346 g/mol. The molecule has 132 valence electrons. The van der Waals surface area contributed by atoms with Crippen molar-refractivity contribution in [3.63, 3.8) is 0 Å². The molecule has 1 amide bonds. The molecule has 4 heteroatoms. The largest absolute Gasteiger partial charge is 0.497 e. The topological polar surface area (TPSA) is 51.2 Å². The molecule has 26 heavy (non-hydrogen) atoms. The Morgan fingerprint density at radius 2 is 1.92 bits per heavy atom. The summed E-state index contributed by atoms with van der Waals surface area (Å²) in [6.07, 6.45) is 3.52. The van der Waals surface area contributed by atoms with E-state index in [4.69, 9.17) is 4.74 Å². The first-order valence-corrected chi connectivity index (χ1v) is 8.50. The summed E-state index contributed by atoms with van der Waals surface area (Å²) in [5.41, 5.74) is 4.83. The number of pyridine rings is 1. The van der Waals surface area contributed by atoms with E-state index in [1.54, 1.807) is 31.6 Å². The minimum absolute atomic E-state index is 0.154. The first-order valence-electron chi connectivity index (χ1n) is 8.50. The number of hydrogen-bond acceptors (Lipinski definition) is 3. The molecule has 1 aromatic heterocycles. The molecule has 1 heterocycles. The van der Waals surface area contributed by atoms with Gasteiger partial charge in [-0.1, -0.05) is 35.9 Å². The van der Waals surface area contributed by atoms with Crippen LogP contribution in [0.2, 0.25) is 0 Å². The van der Waals surface area contributed by atoms with Crippen LogP contribution in [0, 0.1) is 13.8 Å². The van der Waals surface area contributed by atoms with Crippen LogP contribution in [-0.2, 0) is 0 Å². The average molecular weight is 346 g/mol. The normalized spacial score (nSPS) is 11.7. The summed E-state index contributed by atoms with van der Waals surface area (Å²) in [6.45, 7) is 4.10. The maximum absolute atomic E-state index is 12.9. The molecule has 0 aliphatic rings. The minimum atomic E-state index is -0.276. The molecule has 0 fully saturated rings. The van der Waals surface area contributed by atoms with Crippen molar-refractivity contribution in [3.05, 3.63) is 94.8 Å². The summed E-state index contributed by atoms with van der Waals surface area (Å²) < 4.78 is 5.22. The maximum atomic E-state index is 12.9. The third kappa shape index (κ3) is 3.91. The number of carbonyl (C=O) groups excluding carboxylic acids is 1. The van der Waals surface area contributed by atoms with Crippen molar-refractivity contribution in [1.29, 1.82) is 0 Å². The highest BCUT2D eigenvalue weighted by atomic mass is 16.5. The zero-order valence-corrected chi connectivity index (χ0v) is 15.2. The number of carbonyl (C=O) groups is 1. The average Bonchev–Trinajstić information content (AvgIpc) is 2.68. The molecule has 3 aromatic rings. The van der Waals surface area contributed by atoms with Crippen molar-refractivity contribution >= 4 is 5.91 Å². The fourth-order valence-corrected chi connectivity index (χ4v) is 2.94. The second-order valence-corrected chi connectivity index (χ2v) is 6.28. The fraction of sp³-hybridized carbons (Fsp3) is 0.182. The van der Waals surface area contributed by atoms with Crippen molar-refractivity contribution in [3.8, 4) is 5.75 Å². The number of ether oxygens (including phenoxy) is 1. The second-order valence-electron chi connectivity index (χ2n) is 6.28. The fourth-order valence-electron chi connectivity index (χ4n) is 2.94. The molecule has 0 spiro atoms. The van der Waals surface area contributed by atoms with Crippen molar-refractivity contribution in [2.45, 2.75) is 19.9 Å². The van der Waals surface area contributed by atoms with Crippen LogP contribution in [0.25, 0.3) is 0 Å². The molecule has 0 radical (unpaired) electrons. The third-order valence-corrected chi connectivity index (χ3v) is 4.37. The molecule has 1 atom stereocenters. The van der Waals surface area contributed by atoms with Crippen LogP contribution in [0.4, 0.5) is 0 Å². The Morgan fingerprint density at radius 3 is 2.65 bits per heavy atom. The first-order chi connectivity index (χ1) is 12.6. The van der Waals surface area contributed by atoms with Gasteiger partial charge in [-0.3, -0.25) is 9.78 Å². The molecule has 0 saturated heterocycles. The predicted molar refractivity (Wildman–Crippen MR) is 102 cm³/mol. The molecule has 4 nitrogen and oxygen atoms in total. The summed E-state index contributed by atoms with van der Waals surface area (Å²) in [5.74, 6) is 0.501. The zero-order chi connectivity index (χ0) is 18.5. The molecular weight excluding hydrogens is 324 g/mol. The van der Waals surface area contributed by atoms with E-state index in [-0.39, 0.29) is 11.9 Å². The van der Waals surface area contributed by atoms with Crippen LogP contribution < -0.4 is 10.1 Å². The molecule has 0 aliphatic carbocycles. The van der Waals surface area contributed by atoms with Crippen LogP contribution in [0.1, 0.15) is 38.7 Å². The standard InChI is InChI=1S/C22H22N2O2/c1-15-9-10-16(2)20(12-15)21(18-7-5-11-23-14-18)24-22(25)17-6-4-8-19(13-17)26-3/h4-14,21H,1-3H3,(H,24,25). The smallest absolute Gasteiger partial charge is 0.252 e. The van der Waals surface area contributed by atoms with Gasteiger partial charge in [-0.15, -0.1) is 0 Å². The molecule has 0 aliphatic heterocycles. The van der Waals surface area contributed by atoms with Crippen molar-refractivity contribution in [2.75, 3.05) is 7.11 Å². The minimum Gasteiger partial charge on any atom is -0.497 e. The first kappa shape index (κ1) is 17.7. The van der Waals surface area contributed by atoms with Gasteiger partial charge in [-0.05, 0) is 54.8 Å². The Labute approximate surface area is 153 Å². The van der Waals surface area contributed by atoms with Crippen molar-refractivity contribution in [1.82, 2.24) is 10.3 Å². The van der Waals surface area contributed by atoms with Gasteiger partial charge in [0.15, 0.2) is 0 Å². The number of nitrogens with zero attached hydrogens (tertiary/aromatic N) is 1. The summed E-state index contributed by atoms with van der Waals surface area (Å²) in [6, 6.07) is 17.0. The van der Waals surface area contributed by atoms with Crippen LogP contribution >= 0.6 is 0 Å². The molecule has 2 aromatic carbocycles. The van der Waals surface area contributed by atoms with Gasteiger partial charge in [-0.25, -0.2) is 0 Å². The van der Waals surface area contributed by atoms with E-state index in [1.807, 2.05) is 31.2 Å². The van der Waals surface area contributed by atoms with Gasteiger partial charge < -0.3 is 10.1 Å². The summed E-state index contributed by atoms with van der Waals surface area (Å²) in [5, 5.41) is 3.15. The Kier molecular flexibility index (Phi) is 5.32. The Bertz CT molecular complexity index is 907. The van der Waals surface area contributed by atoms with Gasteiger partial charge in [-0.2, -0.15) is 0 Å². The SMILES string of the molecule is COc1cccc(C(=O)NC(c2cccnc2)c2cc(C)ccc2C)c1. The summed E-state index contributed by atoms with van der Waals surface area (Å²) in [4.78, 5) is 17.1. The lowest BCUT2D eigenvalue weighted by molar-refractivity contribution is 0.0942. The number of aromatic nitrogens is 1. The number of methoxy groups -OCH3 is 1. The lowest BCUT2D eigenvalue weighted by Crippen LogP contribution is -2.30. The van der Waals surface area contributed by atoms with E-state index in [2.05, 4.69) is 35.4 Å². The molecule has 3 rings (SSSR count). The number of amides is 1. The second kappa shape index (κ2) is 7.83. The lowest BCUT2D eigenvalue weighted by Gasteiger charge is -2.22. The number of nitrogens with one attached hydrogen (secondary N) is 1. The van der Waals surface area contributed by atoms with Gasteiger partial charge in [0.2, 0.25) is 0 Å². The Morgan fingerprint density at radius 1 is 1.08 bits per heavy atom. The molecule has 1 N–H and O–H groups in total. The van der Waals surface area contributed by atoms with Crippen LogP contribution in [-0.4, -0.2) is 18.0 Å². The number of aryl methyl sites for hydroxylation is 2. The van der Waals surface area contributed by atoms with Crippen molar-refractivity contribution in [2.24, 2.45) is 0 Å². The van der Waals surface area contributed by atoms with Crippen LogP contribution in [0.3, 0.4) is 0 Å². The van der Waals surface area contributed by atoms with Crippen LogP contribution in [0.5, 0.6) is 5.75 Å². The highest BCUT2D eigenvalue weighted by Gasteiger charge is 2.20. The van der Waals surface area contributed by atoms with Gasteiger partial charge in [0.25, 0.3) is 5.91 Å². The summed E-state index contributed by atoms with van der Waals surface area (Å²) >= 11 is 0. The van der Waals surface area contributed by atoms with E-state index >= 15 is 0 Å². The van der Waals surface area contributed by atoms with E-state index in [0.29, 0.717) is 11.3 Å². The Balaban J connectivity index is 1.98. The zero-order valence-electron chi connectivity index (χ0n) is 15.2. The van der Waals surface area contributed by atoms with Crippen molar-refractivity contribution < 1.29 is 9.53 Å². The third-order valence-electron chi connectivity index (χ3n) is 4.37. The predicted octanol–water partition coefficient (Wildman–Crippen LogP) is 4.23. The number of hydrogen-bond donors (Lipinski definition) is 1. The van der Waals surface area contributed by atoms with Gasteiger partial charge in [0, 0.05) is 18.0 Å². The van der Waals surface area contributed by atoms with E-state index in [1.165, 1.54) is 0 Å². The molecule has 1 unspecified atom stereocenters. The number of rotatable bonds is 5. The quantitative estimate of drug-likeness (QED) is 0.752.